The number of non-ortho nitro benzene ring substituents is 1. The van der Waals surface area contributed by atoms with Crippen molar-refractivity contribution in [3.8, 4) is 11.6 Å². The molecule has 20 heavy (non-hydrogen) atoms. The third kappa shape index (κ3) is 2.81. The molecule has 0 saturated heterocycles. The number of nitrogen functional groups attached to an aromatic ring is 1. The van der Waals surface area contributed by atoms with Gasteiger partial charge in [0.15, 0.2) is 17.4 Å². The lowest BCUT2D eigenvalue weighted by atomic mass is 10.3. The number of ether oxygens (including phenoxy) is 1. The van der Waals surface area contributed by atoms with Gasteiger partial charge in [-0.25, -0.2) is 20.2 Å². The zero-order valence-electron chi connectivity index (χ0n) is 9.71. The van der Waals surface area contributed by atoms with Gasteiger partial charge in [0.05, 0.1) is 11.0 Å². The molecule has 0 aliphatic carbocycles. The van der Waals surface area contributed by atoms with Crippen molar-refractivity contribution in [2.45, 2.75) is 0 Å². The van der Waals surface area contributed by atoms with E-state index in [0.717, 1.165) is 18.2 Å². The first kappa shape index (κ1) is 14.1. The summed E-state index contributed by atoms with van der Waals surface area (Å²) in [6, 6.07) is 3.01. The van der Waals surface area contributed by atoms with Gasteiger partial charge in [-0.15, -0.1) is 0 Å². The highest BCUT2D eigenvalue weighted by Gasteiger charge is 2.15. The Kier molecular flexibility index (Phi) is 4.05. The van der Waals surface area contributed by atoms with Crippen molar-refractivity contribution < 1.29 is 14.1 Å². The maximum atomic E-state index is 13.7. The Morgan fingerprint density at radius 2 is 2.20 bits per heavy atom. The van der Waals surface area contributed by atoms with Crippen molar-refractivity contribution in [2.24, 2.45) is 5.84 Å². The molecular weight excluding hydrogens is 337 g/mol. The molecule has 10 heteroatoms. The minimum absolute atomic E-state index is 0.0145. The van der Waals surface area contributed by atoms with Crippen LogP contribution in [0.25, 0.3) is 0 Å². The van der Waals surface area contributed by atoms with E-state index in [0.29, 0.717) is 4.47 Å². The van der Waals surface area contributed by atoms with Gasteiger partial charge in [-0.3, -0.25) is 10.1 Å². The number of benzene rings is 1. The van der Waals surface area contributed by atoms with Gasteiger partial charge < -0.3 is 10.2 Å². The van der Waals surface area contributed by atoms with Gasteiger partial charge in [0, 0.05) is 6.07 Å². The van der Waals surface area contributed by atoms with Crippen LogP contribution < -0.4 is 16.0 Å². The van der Waals surface area contributed by atoms with Crippen LogP contribution in [0.2, 0.25) is 0 Å². The van der Waals surface area contributed by atoms with Gasteiger partial charge in [-0.05, 0) is 22.0 Å². The van der Waals surface area contributed by atoms with Crippen molar-refractivity contribution in [2.75, 3.05) is 5.43 Å². The summed E-state index contributed by atoms with van der Waals surface area (Å²) < 4.78 is 19.2. The number of nitrogens with zero attached hydrogens (tertiary/aromatic N) is 3. The number of hydrazine groups is 1. The number of anilines is 1. The SMILES string of the molecule is NNc1ncnc(Oc2ccc([N+](=O)[O-])cc2F)c1Br. The van der Waals surface area contributed by atoms with Crippen LogP contribution in [-0.2, 0) is 0 Å². The maximum absolute atomic E-state index is 13.7. The summed E-state index contributed by atoms with van der Waals surface area (Å²) in [5.74, 6) is 4.39. The Morgan fingerprint density at radius 1 is 1.45 bits per heavy atom. The topological polar surface area (TPSA) is 116 Å². The number of nitro benzene ring substituents is 1. The van der Waals surface area contributed by atoms with Gasteiger partial charge in [0.1, 0.15) is 10.8 Å². The predicted molar refractivity (Wildman–Crippen MR) is 70.7 cm³/mol. The molecule has 2 rings (SSSR count). The lowest BCUT2D eigenvalue weighted by Crippen LogP contribution is -2.10. The van der Waals surface area contributed by atoms with Crippen molar-refractivity contribution in [3.05, 3.63) is 44.9 Å². The molecule has 0 atom stereocenters. The number of halogens is 2. The fourth-order valence-electron chi connectivity index (χ4n) is 1.32. The first-order valence-electron chi connectivity index (χ1n) is 5.12. The lowest BCUT2D eigenvalue weighted by molar-refractivity contribution is -0.385. The average Bonchev–Trinajstić information content (AvgIpc) is 2.43. The number of rotatable bonds is 4. The summed E-state index contributed by atoms with van der Waals surface area (Å²) in [6.45, 7) is 0. The van der Waals surface area contributed by atoms with Crippen LogP contribution in [0.1, 0.15) is 0 Å². The first-order valence-corrected chi connectivity index (χ1v) is 5.91. The molecule has 1 heterocycles. The minimum Gasteiger partial charge on any atom is -0.435 e. The van der Waals surface area contributed by atoms with E-state index in [4.69, 9.17) is 10.6 Å². The molecule has 0 fully saturated rings. The van der Waals surface area contributed by atoms with Crippen molar-refractivity contribution >= 4 is 27.4 Å². The Bertz CT molecular complexity index is 669. The number of aromatic nitrogens is 2. The van der Waals surface area contributed by atoms with Crippen LogP contribution in [0.15, 0.2) is 29.0 Å². The van der Waals surface area contributed by atoms with E-state index in [1.807, 2.05) is 0 Å². The highest BCUT2D eigenvalue weighted by Crippen LogP contribution is 2.33. The van der Waals surface area contributed by atoms with Crippen LogP contribution in [-0.4, -0.2) is 14.9 Å². The molecule has 0 aliphatic rings. The Labute approximate surface area is 120 Å². The summed E-state index contributed by atoms with van der Waals surface area (Å²) in [6.07, 6.45) is 1.17. The normalized spacial score (nSPS) is 10.2. The monoisotopic (exact) mass is 343 g/mol. The highest BCUT2D eigenvalue weighted by molar-refractivity contribution is 9.10. The lowest BCUT2D eigenvalue weighted by Gasteiger charge is -2.09. The molecule has 2 aromatic rings. The molecule has 0 spiro atoms. The van der Waals surface area contributed by atoms with E-state index in [9.17, 15) is 14.5 Å². The minimum atomic E-state index is -0.882. The van der Waals surface area contributed by atoms with Crippen LogP contribution >= 0.6 is 15.9 Å². The maximum Gasteiger partial charge on any atom is 0.272 e. The molecule has 0 saturated carbocycles. The summed E-state index contributed by atoms with van der Waals surface area (Å²) in [4.78, 5) is 17.4. The zero-order chi connectivity index (χ0) is 14.7. The van der Waals surface area contributed by atoms with Gasteiger partial charge in [0.2, 0.25) is 5.88 Å². The Morgan fingerprint density at radius 3 is 2.80 bits per heavy atom. The molecule has 0 radical (unpaired) electrons. The van der Waals surface area contributed by atoms with Gasteiger partial charge >= 0.3 is 0 Å². The molecular formula is C10H7BrFN5O3. The standard InChI is InChI=1S/C10H7BrFN5O3/c11-8-9(16-13)14-4-15-10(8)20-7-2-1-5(17(18)19)3-6(7)12/h1-4H,13H2,(H,14,15,16). The summed E-state index contributed by atoms with van der Waals surface area (Å²) in [5.41, 5.74) is 1.92. The molecule has 0 unspecified atom stereocenters. The number of nitro groups is 1. The van der Waals surface area contributed by atoms with E-state index in [1.165, 1.54) is 6.33 Å². The summed E-state index contributed by atoms with van der Waals surface area (Å²) in [7, 11) is 0. The molecule has 0 amide bonds. The van der Waals surface area contributed by atoms with E-state index in [-0.39, 0.29) is 23.1 Å². The fourth-order valence-corrected chi connectivity index (χ4v) is 1.72. The van der Waals surface area contributed by atoms with E-state index in [2.05, 4.69) is 31.3 Å². The van der Waals surface area contributed by atoms with Crippen molar-refractivity contribution in [1.29, 1.82) is 0 Å². The number of nitrogens with one attached hydrogen (secondary N) is 1. The Hall–Kier alpha value is -2.33. The van der Waals surface area contributed by atoms with E-state index >= 15 is 0 Å². The summed E-state index contributed by atoms with van der Waals surface area (Å²) in [5, 5.41) is 10.5. The van der Waals surface area contributed by atoms with Gasteiger partial charge in [-0.2, -0.15) is 0 Å². The van der Waals surface area contributed by atoms with Crippen LogP contribution in [0, 0.1) is 15.9 Å². The number of nitrogens with two attached hydrogens (primary N) is 1. The quantitative estimate of drug-likeness (QED) is 0.497. The molecule has 0 bridgehead atoms. The third-order valence-electron chi connectivity index (χ3n) is 2.23. The second-order valence-electron chi connectivity index (χ2n) is 3.46. The highest BCUT2D eigenvalue weighted by atomic mass is 79.9. The van der Waals surface area contributed by atoms with Crippen molar-refractivity contribution in [1.82, 2.24) is 9.97 Å². The van der Waals surface area contributed by atoms with E-state index < -0.39 is 10.7 Å². The smallest absolute Gasteiger partial charge is 0.272 e. The van der Waals surface area contributed by atoms with Crippen LogP contribution in [0.3, 0.4) is 0 Å². The third-order valence-corrected chi connectivity index (χ3v) is 2.94. The molecule has 1 aromatic heterocycles. The predicted octanol–water partition coefficient (Wildman–Crippen LogP) is 2.36. The second-order valence-corrected chi connectivity index (χ2v) is 4.25. The second kappa shape index (κ2) is 5.75. The van der Waals surface area contributed by atoms with Crippen LogP contribution in [0.4, 0.5) is 15.9 Å². The number of hydrogen-bond donors (Lipinski definition) is 2. The van der Waals surface area contributed by atoms with E-state index in [1.54, 1.807) is 0 Å². The Balaban J connectivity index is 2.33. The molecule has 0 aliphatic heterocycles. The molecule has 1 aromatic carbocycles. The van der Waals surface area contributed by atoms with Crippen LogP contribution in [0.5, 0.6) is 11.6 Å². The van der Waals surface area contributed by atoms with Gasteiger partial charge in [0.25, 0.3) is 5.69 Å². The largest absolute Gasteiger partial charge is 0.435 e. The average molecular weight is 344 g/mol. The van der Waals surface area contributed by atoms with Crippen molar-refractivity contribution in [3.63, 3.8) is 0 Å². The number of hydrogen-bond acceptors (Lipinski definition) is 7. The van der Waals surface area contributed by atoms with Gasteiger partial charge in [-0.1, -0.05) is 0 Å². The zero-order valence-corrected chi connectivity index (χ0v) is 11.3. The fraction of sp³-hybridized carbons (Fsp3) is 0. The molecule has 3 N–H and O–H groups in total. The summed E-state index contributed by atoms with van der Waals surface area (Å²) >= 11 is 3.14. The molecule has 8 nitrogen and oxygen atoms in total. The first-order chi connectivity index (χ1) is 9.52. The molecule has 104 valence electrons.